The molecule has 0 aliphatic heterocycles. The van der Waals surface area contributed by atoms with Gasteiger partial charge < -0.3 is 0 Å². The molecular weight excluding hydrogens is 292 g/mol. The maximum atomic E-state index is 3.54. The highest BCUT2D eigenvalue weighted by Gasteiger charge is 2.12. The first-order valence-corrected chi connectivity index (χ1v) is 8.06. The minimum absolute atomic E-state index is 1.05. The number of hydrogen-bond donors (Lipinski definition) is 1. The summed E-state index contributed by atoms with van der Waals surface area (Å²) >= 11 is 0. The number of benzene rings is 4. The molecular formula is C22H18N2. The van der Waals surface area contributed by atoms with Crippen molar-refractivity contribution in [3.63, 3.8) is 0 Å². The highest BCUT2D eigenvalue weighted by Crippen LogP contribution is 2.32. The summed E-state index contributed by atoms with van der Waals surface area (Å²) in [5, 5.41) is 4.58. The second-order valence-electron chi connectivity index (χ2n) is 5.65. The number of para-hydroxylation sites is 2. The lowest BCUT2D eigenvalue weighted by molar-refractivity contribution is 1.17. The zero-order chi connectivity index (χ0) is 16.2. The molecule has 0 radical (unpaired) electrons. The number of anilines is 3. The van der Waals surface area contributed by atoms with Crippen LogP contribution in [0.1, 0.15) is 0 Å². The minimum Gasteiger partial charge on any atom is -0.294 e. The van der Waals surface area contributed by atoms with Crippen LogP contribution in [-0.4, -0.2) is 0 Å². The van der Waals surface area contributed by atoms with Crippen LogP contribution < -0.4 is 10.4 Å². The number of rotatable bonds is 4. The molecule has 0 amide bonds. The van der Waals surface area contributed by atoms with Gasteiger partial charge in [-0.3, -0.25) is 10.4 Å². The summed E-state index contributed by atoms with van der Waals surface area (Å²) in [5.41, 5.74) is 6.81. The zero-order valence-electron chi connectivity index (χ0n) is 13.3. The molecule has 4 rings (SSSR count). The van der Waals surface area contributed by atoms with Gasteiger partial charge in [-0.2, -0.15) is 0 Å². The van der Waals surface area contributed by atoms with Crippen LogP contribution in [0.3, 0.4) is 0 Å². The van der Waals surface area contributed by atoms with E-state index in [1.807, 2.05) is 24.3 Å². The quantitative estimate of drug-likeness (QED) is 0.465. The molecule has 0 bridgehead atoms. The molecule has 2 heteroatoms. The van der Waals surface area contributed by atoms with Crippen LogP contribution in [0.25, 0.3) is 10.8 Å². The van der Waals surface area contributed by atoms with Crippen molar-refractivity contribution >= 4 is 27.8 Å². The van der Waals surface area contributed by atoms with E-state index in [-0.39, 0.29) is 0 Å². The molecule has 0 heterocycles. The lowest BCUT2D eigenvalue weighted by Crippen LogP contribution is -2.24. The Balaban J connectivity index is 1.86. The van der Waals surface area contributed by atoms with Crippen molar-refractivity contribution in [1.29, 1.82) is 0 Å². The third kappa shape index (κ3) is 2.82. The number of nitrogens with one attached hydrogen (secondary N) is 1. The molecule has 0 spiro atoms. The molecule has 0 aliphatic carbocycles. The molecule has 0 saturated carbocycles. The van der Waals surface area contributed by atoms with Crippen molar-refractivity contribution in [2.75, 3.05) is 10.4 Å². The smallest absolute Gasteiger partial charge is 0.0708 e. The number of hydrogen-bond acceptors (Lipinski definition) is 2. The van der Waals surface area contributed by atoms with Crippen LogP contribution in [0.5, 0.6) is 0 Å². The lowest BCUT2D eigenvalue weighted by atomic mass is 10.1. The van der Waals surface area contributed by atoms with Crippen molar-refractivity contribution in [3.05, 3.63) is 103 Å². The fraction of sp³-hybridized carbons (Fsp3) is 0. The van der Waals surface area contributed by atoms with Crippen LogP contribution in [0, 0.1) is 0 Å². The third-order valence-corrected chi connectivity index (χ3v) is 4.04. The Morgan fingerprint density at radius 2 is 1.17 bits per heavy atom. The molecule has 0 aliphatic rings. The minimum atomic E-state index is 1.05. The molecule has 0 aromatic heterocycles. The Labute approximate surface area is 142 Å². The van der Waals surface area contributed by atoms with Gasteiger partial charge in [-0.1, -0.05) is 72.8 Å². The summed E-state index contributed by atoms with van der Waals surface area (Å²) in [4.78, 5) is 0. The molecule has 0 unspecified atom stereocenters. The first-order chi connectivity index (χ1) is 11.9. The highest BCUT2D eigenvalue weighted by atomic mass is 15.5. The fourth-order valence-corrected chi connectivity index (χ4v) is 2.89. The summed E-state index contributed by atoms with van der Waals surface area (Å²) in [6.07, 6.45) is 0. The number of hydrazine groups is 1. The highest BCUT2D eigenvalue weighted by molar-refractivity contribution is 5.96. The van der Waals surface area contributed by atoms with Gasteiger partial charge in [0.05, 0.1) is 17.1 Å². The second kappa shape index (κ2) is 6.47. The number of fused-ring (bicyclic) bond motifs is 1. The first-order valence-electron chi connectivity index (χ1n) is 8.06. The summed E-state index contributed by atoms with van der Waals surface area (Å²) < 4.78 is 0. The van der Waals surface area contributed by atoms with E-state index >= 15 is 0 Å². The average molecular weight is 310 g/mol. The fourth-order valence-electron chi connectivity index (χ4n) is 2.89. The Morgan fingerprint density at radius 1 is 0.542 bits per heavy atom. The Kier molecular flexibility index (Phi) is 3.86. The summed E-state index contributed by atoms with van der Waals surface area (Å²) in [6.45, 7) is 0. The normalized spacial score (nSPS) is 10.5. The molecule has 0 fully saturated rings. The van der Waals surface area contributed by atoms with Gasteiger partial charge in [-0.15, -0.1) is 0 Å². The van der Waals surface area contributed by atoms with Crippen molar-refractivity contribution < 1.29 is 0 Å². The van der Waals surface area contributed by atoms with Gasteiger partial charge in [0.25, 0.3) is 0 Å². The van der Waals surface area contributed by atoms with Gasteiger partial charge >= 0.3 is 0 Å². The van der Waals surface area contributed by atoms with E-state index in [9.17, 15) is 0 Å². The van der Waals surface area contributed by atoms with Crippen LogP contribution in [-0.2, 0) is 0 Å². The summed E-state index contributed by atoms with van der Waals surface area (Å²) in [6, 6.07) is 35.4. The van der Waals surface area contributed by atoms with E-state index in [1.54, 1.807) is 0 Å². The molecule has 24 heavy (non-hydrogen) atoms. The number of nitrogens with zero attached hydrogens (tertiary/aromatic N) is 1. The van der Waals surface area contributed by atoms with Gasteiger partial charge in [0.15, 0.2) is 0 Å². The monoisotopic (exact) mass is 310 g/mol. The van der Waals surface area contributed by atoms with E-state index in [0.29, 0.717) is 0 Å². The molecule has 2 nitrogen and oxygen atoms in total. The van der Waals surface area contributed by atoms with Crippen molar-refractivity contribution in [1.82, 2.24) is 0 Å². The third-order valence-electron chi connectivity index (χ3n) is 4.04. The van der Waals surface area contributed by atoms with Crippen LogP contribution in [0.4, 0.5) is 17.1 Å². The Morgan fingerprint density at radius 3 is 1.96 bits per heavy atom. The largest absolute Gasteiger partial charge is 0.294 e. The first kappa shape index (κ1) is 14.3. The van der Waals surface area contributed by atoms with Gasteiger partial charge in [0.1, 0.15) is 0 Å². The molecule has 0 saturated heterocycles. The standard InChI is InChI=1S/C22H18N2/c1-3-12-19(13-4-1)23-24(20-14-5-2-6-15-20)22-17-9-11-18-10-7-8-16-21(18)22/h1-17,23H. The Hall–Kier alpha value is -3.26. The molecule has 4 aromatic rings. The maximum Gasteiger partial charge on any atom is 0.0708 e. The van der Waals surface area contributed by atoms with E-state index in [0.717, 1.165) is 17.1 Å². The molecule has 1 N–H and O–H groups in total. The van der Waals surface area contributed by atoms with Gasteiger partial charge in [-0.05, 0) is 35.7 Å². The maximum absolute atomic E-state index is 3.54. The van der Waals surface area contributed by atoms with Crippen molar-refractivity contribution in [2.45, 2.75) is 0 Å². The van der Waals surface area contributed by atoms with E-state index in [2.05, 4.69) is 89.3 Å². The predicted molar refractivity (Wildman–Crippen MR) is 103 cm³/mol. The topological polar surface area (TPSA) is 15.3 Å². The van der Waals surface area contributed by atoms with Gasteiger partial charge in [0.2, 0.25) is 0 Å². The SMILES string of the molecule is c1ccc(NN(c2ccccc2)c2cccc3ccccc23)cc1. The van der Waals surface area contributed by atoms with E-state index in [1.165, 1.54) is 10.8 Å². The van der Waals surface area contributed by atoms with Crippen LogP contribution >= 0.6 is 0 Å². The molecule has 116 valence electrons. The van der Waals surface area contributed by atoms with Gasteiger partial charge in [0, 0.05) is 5.39 Å². The van der Waals surface area contributed by atoms with E-state index < -0.39 is 0 Å². The van der Waals surface area contributed by atoms with Gasteiger partial charge in [-0.25, -0.2) is 0 Å². The average Bonchev–Trinajstić information content (AvgIpc) is 2.67. The van der Waals surface area contributed by atoms with Crippen molar-refractivity contribution in [3.8, 4) is 0 Å². The van der Waals surface area contributed by atoms with Crippen LogP contribution in [0.15, 0.2) is 103 Å². The predicted octanol–water partition coefficient (Wildman–Crippen LogP) is 6.01. The Bertz CT molecular complexity index is 928. The second-order valence-corrected chi connectivity index (χ2v) is 5.65. The summed E-state index contributed by atoms with van der Waals surface area (Å²) in [7, 11) is 0. The lowest BCUT2D eigenvalue weighted by Gasteiger charge is -2.28. The van der Waals surface area contributed by atoms with Crippen molar-refractivity contribution in [2.24, 2.45) is 0 Å². The molecule has 4 aromatic carbocycles. The van der Waals surface area contributed by atoms with Crippen LogP contribution in [0.2, 0.25) is 0 Å². The summed E-state index contributed by atoms with van der Waals surface area (Å²) in [5.74, 6) is 0. The van der Waals surface area contributed by atoms with E-state index in [4.69, 9.17) is 0 Å². The zero-order valence-corrected chi connectivity index (χ0v) is 13.3. The molecule has 0 atom stereocenters.